The number of fused-ring (bicyclic) bond motifs is 1. The third kappa shape index (κ3) is 3.88. The molecule has 5 aromatic rings. The van der Waals surface area contributed by atoms with Gasteiger partial charge in [0.25, 0.3) is 0 Å². The van der Waals surface area contributed by atoms with E-state index in [9.17, 15) is 0 Å². The molecule has 2 aromatic carbocycles. The van der Waals surface area contributed by atoms with E-state index in [1.807, 2.05) is 65.4 Å². The smallest absolute Gasteiger partial charge is 0.186 e. The number of nitrogens with one attached hydrogen (secondary N) is 1. The number of anilines is 1. The van der Waals surface area contributed by atoms with Gasteiger partial charge in [0, 0.05) is 10.9 Å². The van der Waals surface area contributed by atoms with Crippen molar-refractivity contribution in [2.24, 2.45) is 0 Å². The van der Waals surface area contributed by atoms with Crippen molar-refractivity contribution in [3.63, 3.8) is 0 Å². The first kappa shape index (κ1) is 20.0. The highest BCUT2D eigenvalue weighted by Crippen LogP contribution is 2.31. The van der Waals surface area contributed by atoms with Crippen LogP contribution in [0.25, 0.3) is 17.0 Å². The van der Waals surface area contributed by atoms with Crippen LogP contribution in [0.15, 0.2) is 77.5 Å². The maximum absolute atomic E-state index is 5.45. The maximum atomic E-state index is 5.45. The van der Waals surface area contributed by atoms with E-state index in [1.54, 1.807) is 30.1 Å². The van der Waals surface area contributed by atoms with E-state index in [1.165, 1.54) is 0 Å². The first-order chi connectivity index (χ1) is 15.7. The Morgan fingerprint density at radius 1 is 0.875 bits per heavy atom. The second kappa shape index (κ2) is 8.68. The standard InChI is InChI=1S/C24H21N5O2S/c1-30-19-7-3-5-16(13-19)23(17-6-4-8-20(14-17)31-2)25-21-9-10-22-26-27-24(29(22)28-21)18-11-12-32-15-18/h3-15,23H,1-2H3,(H,25,28). The Labute approximate surface area is 189 Å². The van der Waals surface area contributed by atoms with E-state index in [0.717, 1.165) is 28.2 Å². The summed E-state index contributed by atoms with van der Waals surface area (Å²) in [6, 6.07) is 21.6. The first-order valence-corrected chi connectivity index (χ1v) is 11.0. The van der Waals surface area contributed by atoms with Crippen LogP contribution in [0, 0.1) is 0 Å². The van der Waals surface area contributed by atoms with Crippen LogP contribution in [0.3, 0.4) is 0 Å². The largest absolute Gasteiger partial charge is 0.497 e. The Balaban J connectivity index is 1.57. The molecular weight excluding hydrogens is 422 g/mol. The molecule has 0 unspecified atom stereocenters. The molecule has 3 aromatic heterocycles. The Morgan fingerprint density at radius 3 is 2.22 bits per heavy atom. The molecule has 0 aliphatic heterocycles. The van der Waals surface area contributed by atoms with Crippen LogP contribution in [0.4, 0.5) is 5.82 Å². The minimum Gasteiger partial charge on any atom is -0.497 e. The monoisotopic (exact) mass is 443 g/mol. The van der Waals surface area contributed by atoms with Crippen LogP contribution >= 0.6 is 11.3 Å². The lowest BCUT2D eigenvalue weighted by molar-refractivity contribution is 0.413. The maximum Gasteiger partial charge on any atom is 0.186 e. The van der Waals surface area contributed by atoms with Crippen LogP contribution < -0.4 is 14.8 Å². The van der Waals surface area contributed by atoms with Gasteiger partial charge in [-0.05, 0) is 59.0 Å². The van der Waals surface area contributed by atoms with Crippen LogP contribution in [0.2, 0.25) is 0 Å². The van der Waals surface area contributed by atoms with Gasteiger partial charge in [-0.3, -0.25) is 0 Å². The van der Waals surface area contributed by atoms with Gasteiger partial charge in [-0.1, -0.05) is 24.3 Å². The average Bonchev–Trinajstić information content (AvgIpc) is 3.52. The van der Waals surface area contributed by atoms with Crippen molar-refractivity contribution < 1.29 is 9.47 Å². The van der Waals surface area contributed by atoms with Gasteiger partial charge < -0.3 is 14.8 Å². The molecule has 0 amide bonds. The molecule has 0 bridgehead atoms. The SMILES string of the molecule is COc1cccc(C(Nc2ccc3nnc(-c4ccsc4)n3n2)c2cccc(OC)c2)c1. The van der Waals surface area contributed by atoms with Crippen LogP contribution in [0.5, 0.6) is 11.5 Å². The zero-order valence-corrected chi connectivity index (χ0v) is 18.4. The van der Waals surface area contributed by atoms with Crippen molar-refractivity contribution in [3.8, 4) is 22.9 Å². The third-order valence-corrected chi connectivity index (χ3v) is 5.87. The van der Waals surface area contributed by atoms with Crippen molar-refractivity contribution >= 4 is 22.8 Å². The van der Waals surface area contributed by atoms with E-state index in [0.29, 0.717) is 17.3 Å². The number of nitrogens with zero attached hydrogens (tertiary/aromatic N) is 4. The molecule has 160 valence electrons. The van der Waals surface area contributed by atoms with Crippen molar-refractivity contribution in [1.82, 2.24) is 19.8 Å². The van der Waals surface area contributed by atoms with Crippen molar-refractivity contribution in [2.75, 3.05) is 19.5 Å². The molecular formula is C24H21N5O2S. The molecule has 0 aliphatic carbocycles. The third-order valence-electron chi connectivity index (χ3n) is 5.19. The molecule has 1 N–H and O–H groups in total. The summed E-state index contributed by atoms with van der Waals surface area (Å²) in [5.41, 5.74) is 3.77. The Morgan fingerprint density at radius 2 is 1.59 bits per heavy atom. The average molecular weight is 444 g/mol. The minimum absolute atomic E-state index is 0.175. The van der Waals surface area contributed by atoms with Crippen LogP contribution in [-0.4, -0.2) is 34.0 Å². The van der Waals surface area contributed by atoms with Crippen LogP contribution in [0.1, 0.15) is 17.2 Å². The lowest BCUT2D eigenvalue weighted by Gasteiger charge is -2.21. The fourth-order valence-electron chi connectivity index (χ4n) is 3.59. The molecule has 0 saturated carbocycles. The summed E-state index contributed by atoms with van der Waals surface area (Å²) in [5, 5.41) is 21.0. The molecule has 7 nitrogen and oxygen atoms in total. The van der Waals surface area contributed by atoms with Gasteiger partial charge >= 0.3 is 0 Å². The topological polar surface area (TPSA) is 73.6 Å². The summed E-state index contributed by atoms with van der Waals surface area (Å²) >= 11 is 1.61. The van der Waals surface area contributed by atoms with Crippen molar-refractivity contribution in [1.29, 1.82) is 0 Å². The van der Waals surface area contributed by atoms with Gasteiger partial charge in [0.1, 0.15) is 17.3 Å². The van der Waals surface area contributed by atoms with Gasteiger partial charge in [-0.25, -0.2) is 0 Å². The van der Waals surface area contributed by atoms with Gasteiger partial charge in [-0.2, -0.15) is 15.9 Å². The van der Waals surface area contributed by atoms with Crippen molar-refractivity contribution in [2.45, 2.75) is 6.04 Å². The van der Waals surface area contributed by atoms with Crippen molar-refractivity contribution in [3.05, 3.63) is 88.6 Å². The fraction of sp³-hybridized carbons (Fsp3) is 0.125. The van der Waals surface area contributed by atoms with E-state index in [2.05, 4.69) is 27.6 Å². The molecule has 0 radical (unpaired) electrons. The predicted molar refractivity (Wildman–Crippen MR) is 126 cm³/mol. The number of aromatic nitrogens is 4. The number of hydrogen-bond donors (Lipinski definition) is 1. The van der Waals surface area contributed by atoms with Gasteiger partial charge in [0.05, 0.1) is 20.3 Å². The summed E-state index contributed by atoms with van der Waals surface area (Å²) in [6.45, 7) is 0. The summed E-state index contributed by atoms with van der Waals surface area (Å²) in [4.78, 5) is 0. The van der Waals surface area contributed by atoms with E-state index >= 15 is 0 Å². The Bertz CT molecular complexity index is 1300. The highest BCUT2D eigenvalue weighted by molar-refractivity contribution is 7.08. The normalized spacial score (nSPS) is 11.1. The highest BCUT2D eigenvalue weighted by Gasteiger charge is 2.18. The molecule has 5 rings (SSSR count). The second-order valence-corrected chi connectivity index (χ2v) is 7.93. The van der Waals surface area contributed by atoms with Gasteiger partial charge in [0.2, 0.25) is 0 Å². The molecule has 0 spiro atoms. The number of ether oxygens (including phenoxy) is 2. The van der Waals surface area contributed by atoms with Crippen LogP contribution in [-0.2, 0) is 0 Å². The molecule has 8 heteroatoms. The number of thiophene rings is 1. The summed E-state index contributed by atoms with van der Waals surface area (Å²) < 4.78 is 12.7. The Kier molecular flexibility index (Phi) is 5.43. The number of hydrogen-bond acceptors (Lipinski definition) is 7. The quantitative estimate of drug-likeness (QED) is 0.379. The lowest BCUT2D eigenvalue weighted by atomic mass is 9.98. The summed E-state index contributed by atoms with van der Waals surface area (Å²) in [7, 11) is 3.33. The molecule has 0 aliphatic rings. The van der Waals surface area contributed by atoms with E-state index in [-0.39, 0.29) is 6.04 Å². The first-order valence-electron chi connectivity index (χ1n) is 10.0. The summed E-state index contributed by atoms with van der Waals surface area (Å²) in [5.74, 6) is 2.99. The number of rotatable bonds is 7. The predicted octanol–water partition coefficient (Wildman–Crippen LogP) is 5.07. The fourth-order valence-corrected chi connectivity index (χ4v) is 4.22. The molecule has 0 atom stereocenters. The Hall–Kier alpha value is -3.91. The second-order valence-electron chi connectivity index (χ2n) is 7.15. The van der Waals surface area contributed by atoms with E-state index in [4.69, 9.17) is 14.6 Å². The number of benzene rings is 2. The zero-order chi connectivity index (χ0) is 21.9. The lowest BCUT2D eigenvalue weighted by Crippen LogP contribution is -2.14. The molecule has 0 saturated heterocycles. The van der Waals surface area contributed by atoms with Gasteiger partial charge in [0.15, 0.2) is 11.5 Å². The highest BCUT2D eigenvalue weighted by atomic mass is 32.1. The molecule has 0 fully saturated rings. The zero-order valence-electron chi connectivity index (χ0n) is 17.6. The molecule has 3 heterocycles. The summed E-state index contributed by atoms with van der Waals surface area (Å²) in [6.07, 6.45) is 0. The minimum atomic E-state index is -0.175. The number of methoxy groups -OCH3 is 2. The van der Waals surface area contributed by atoms with Gasteiger partial charge in [-0.15, -0.1) is 15.3 Å². The van der Waals surface area contributed by atoms with E-state index < -0.39 is 0 Å². The molecule has 32 heavy (non-hydrogen) atoms.